The molecule has 5 heteroatoms. The van der Waals surface area contributed by atoms with Crippen molar-refractivity contribution in [1.29, 1.82) is 0 Å². The van der Waals surface area contributed by atoms with Crippen molar-refractivity contribution in [1.82, 2.24) is 15.0 Å². The van der Waals surface area contributed by atoms with Gasteiger partial charge in [0.15, 0.2) is 0 Å². The summed E-state index contributed by atoms with van der Waals surface area (Å²) in [7, 11) is 0. The summed E-state index contributed by atoms with van der Waals surface area (Å²) < 4.78 is 0. The number of aryl methyl sites for hydroxylation is 2. The van der Waals surface area contributed by atoms with E-state index in [2.05, 4.69) is 20.3 Å². The van der Waals surface area contributed by atoms with Gasteiger partial charge < -0.3 is 5.32 Å². The van der Waals surface area contributed by atoms with Crippen LogP contribution in [0.15, 0.2) is 79.3 Å². The number of carbonyl (C=O) groups is 1. The Bertz CT molecular complexity index is 1170. The predicted octanol–water partition coefficient (Wildman–Crippen LogP) is 5.00. The number of anilines is 1. The SMILES string of the molecule is Cc1cc(-c2ncc(CC(=O)Nc3ccc(-c4ccccc4)nc3)cc2C)ccn1. The molecule has 4 rings (SSSR count). The minimum absolute atomic E-state index is 0.0991. The van der Waals surface area contributed by atoms with Gasteiger partial charge in [0.05, 0.1) is 29.7 Å². The van der Waals surface area contributed by atoms with Gasteiger partial charge in [-0.1, -0.05) is 36.4 Å². The first kappa shape index (κ1) is 19.5. The van der Waals surface area contributed by atoms with E-state index in [9.17, 15) is 4.79 Å². The number of aromatic nitrogens is 3. The fourth-order valence-corrected chi connectivity index (χ4v) is 3.36. The van der Waals surface area contributed by atoms with Crippen LogP contribution in [0.4, 0.5) is 5.69 Å². The van der Waals surface area contributed by atoms with Gasteiger partial charge in [-0.25, -0.2) is 0 Å². The van der Waals surface area contributed by atoms with E-state index in [1.54, 1.807) is 18.6 Å². The van der Waals surface area contributed by atoms with Crippen LogP contribution in [0.1, 0.15) is 16.8 Å². The molecular weight excluding hydrogens is 372 g/mol. The lowest BCUT2D eigenvalue weighted by Gasteiger charge is -2.09. The number of nitrogens with zero attached hydrogens (tertiary/aromatic N) is 3. The molecule has 1 N–H and O–H groups in total. The molecule has 0 atom stereocenters. The monoisotopic (exact) mass is 394 g/mol. The van der Waals surface area contributed by atoms with E-state index in [1.165, 1.54) is 0 Å². The van der Waals surface area contributed by atoms with Crippen LogP contribution in [0.25, 0.3) is 22.5 Å². The number of amides is 1. The zero-order valence-electron chi connectivity index (χ0n) is 17.0. The molecule has 3 aromatic heterocycles. The number of hydrogen-bond donors (Lipinski definition) is 1. The van der Waals surface area contributed by atoms with Gasteiger partial charge in [0.1, 0.15) is 0 Å². The molecule has 0 bridgehead atoms. The lowest BCUT2D eigenvalue weighted by molar-refractivity contribution is -0.115. The normalized spacial score (nSPS) is 10.6. The topological polar surface area (TPSA) is 67.8 Å². The molecule has 148 valence electrons. The summed E-state index contributed by atoms with van der Waals surface area (Å²) in [6.45, 7) is 3.96. The quantitative estimate of drug-likeness (QED) is 0.517. The standard InChI is InChI=1S/C25H22N4O/c1-17-12-19(15-28-25(17)21-10-11-26-18(2)13-21)14-24(30)29-22-8-9-23(27-16-22)20-6-4-3-5-7-20/h3-13,15-16H,14H2,1-2H3,(H,29,30). The van der Waals surface area contributed by atoms with Crippen molar-refractivity contribution >= 4 is 11.6 Å². The van der Waals surface area contributed by atoms with Crippen molar-refractivity contribution < 1.29 is 4.79 Å². The maximum absolute atomic E-state index is 12.5. The maximum Gasteiger partial charge on any atom is 0.228 e. The molecule has 1 aromatic carbocycles. The Morgan fingerprint density at radius 1 is 0.867 bits per heavy atom. The molecule has 3 heterocycles. The molecule has 4 aromatic rings. The minimum Gasteiger partial charge on any atom is -0.324 e. The van der Waals surface area contributed by atoms with Crippen LogP contribution < -0.4 is 5.32 Å². The largest absolute Gasteiger partial charge is 0.324 e. The van der Waals surface area contributed by atoms with Crippen LogP contribution in [0.2, 0.25) is 0 Å². The molecule has 0 aliphatic rings. The van der Waals surface area contributed by atoms with Crippen molar-refractivity contribution in [3.05, 3.63) is 96.1 Å². The molecule has 5 nitrogen and oxygen atoms in total. The molecule has 30 heavy (non-hydrogen) atoms. The third kappa shape index (κ3) is 4.58. The van der Waals surface area contributed by atoms with Crippen molar-refractivity contribution in [2.24, 2.45) is 0 Å². The highest BCUT2D eigenvalue weighted by molar-refractivity contribution is 5.92. The lowest BCUT2D eigenvalue weighted by Crippen LogP contribution is -2.15. The Kier molecular flexibility index (Phi) is 5.61. The average Bonchev–Trinajstić information content (AvgIpc) is 2.75. The summed E-state index contributed by atoms with van der Waals surface area (Å²) in [6.07, 6.45) is 5.47. The van der Waals surface area contributed by atoms with Crippen LogP contribution in [0.5, 0.6) is 0 Å². The summed E-state index contributed by atoms with van der Waals surface area (Å²) in [5.74, 6) is -0.0991. The van der Waals surface area contributed by atoms with Gasteiger partial charge in [-0.05, 0) is 49.2 Å². The van der Waals surface area contributed by atoms with E-state index >= 15 is 0 Å². The second-order valence-electron chi connectivity index (χ2n) is 7.22. The Labute approximate surface area is 175 Å². The van der Waals surface area contributed by atoms with E-state index in [0.29, 0.717) is 5.69 Å². The third-order valence-corrected chi connectivity index (χ3v) is 4.79. The van der Waals surface area contributed by atoms with Gasteiger partial charge >= 0.3 is 0 Å². The number of pyridine rings is 3. The highest BCUT2D eigenvalue weighted by Crippen LogP contribution is 2.22. The predicted molar refractivity (Wildman–Crippen MR) is 119 cm³/mol. The maximum atomic E-state index is 12.5. The second kappa shape index (κ2) is 8.66. The molecule has 0 aliphatic heterocycles. The molecule has 0 saturated carbocycles. The molecule has 0 saturated heterocycles. The average molecular weight is 394 g/mol. The highest BCUT2D eigenvalue weighted by Gasteiger charge is 2.09. The van der Waals surface area contributed by atoms with Crippen LogP contribution in [-0.2, 0) is 11.2 Å². The third-order valence-electron chi connectivity index (χ3n) is 4.79. The number of benzene rings is 1. The Hall–Kier alpha value is -3.86. The van der Waals surface area contributed by atoms with Gasteiger partial charge in [0.25, 0.3) is 0 Å². The summed E-state index contributed by atoms with van der Waals surface area (Å²) in [4.78, 5) is 25.7. The summed E-state index contributed by atoms with van der Waals surface area (Å²) >= 11 is 0. The molecule has 0 spiro atoms. The Morgan fingerprint density at radius 3 is 2.40 bits per heavy atom. The minimum atomic E-state index is -0.0991. The van der Waals surface area contributed by atoms with Crippen molar-refractivity contribution in [3.8, 4) is 22.5 Å². The molecule has 1 amide bonds. The van der Waals surface area contributed by atoms with Gasteiger partial charge in [-0.2, -0.15) is 0 Å². The fourth-order valence-electron chi connectivity index (χ4n) is 3.36. The van der Waals surface area contributed by atoms with Crippen molar-refractivity contribution in [3.63, 3.8) is 0 Å². The van der Waals surface area contributed by atoms with Crippen molar-refractivity contribution in [2.45, 2.75) is 20.3 Å². The molecule has 0 fully saturated rings. The van der Waals surface area contributed by atoms with E-state index in [4.69, 9.17) is 0 Å². The number of carbonyl (C=O) groups excluding carboxylic acids is 1. The zero-order chi connectivity index (χ0) is 20.9. The van der Waals surface area contributed by atoms with Crippen LogP contribution in [0.3, 0.4) is 0 Å². The Morgan fingerprint density at radius 2 is 1.70 bits per heavy atom. The zero-order valence-corrected chi connectivity index (χ0v) is 17.0. The summed E-state index contributed by atoms with van der Waals surface area (Å²) in [5.41, 5.74) is 7.37. The summed E-state index contributed by atoms with van der Waals surface area (Å²) in [6, 6.07) is 19.7. The van der Waals surface area contributed by atoms with Crippen LogP contribution >= 0.6 is 0 Å². The first-order valence-corrected chi connectivity index (χ1v) is 9.78. The highest BCUT2D eigenvalue weighted by atomic mass is 16.1. The van der Waals surface area contributed by atoms with Gasteiger partial charge in [-0.3, -0.25) is 19.7 Å². The Balaban J connectivity index is 1.42. The van der Waals surface area contributed by atoms with E-state index in [0.717, 1.165) is 39.3 Å². The fraction of sp³-hybridized carbons (Fsp3) is 0.120. The van der Waals surface area contributed by atoms with E-state index in [1.807, 2.05) is 74.5 Å². The smallest absolute Gasteiger partial charge is 0.228 e. The number of hydrogen-bond acceptors (Lipinski definition) is 4. The first-order valence-electron chi connectivity index (χ1n) is 9.78. The van der Waals surface area contributed by atoms with Gasteiger partial charge in [0, 0.05) is 29.2 Å². The molecule has 0 unspecified atom stereocenters. The van der Waals surface area contributed by atoms with Gasteiger partial charge in [-0.15, -0.1) is 0 Å². The number of rotatable bonds is 5. The lowest BCUT2D eigenvalue weighted by atomic mass is 10.0. The van der Waals surface area contributed by atoms with Crippen molar-refractivity contribution in [2.75, 3.05) is 5.32 Å². The molecule has 0 aliphatic carbocycles. The molecule has 0 radical (unpaired) electrons. The van der Waals surface area contributed by atoms with Crippen LogP contribution in [0, 0.1) is 13.8 Å². The first-order chi connectivity index (χ1) is 14.6. The summed E-state index contributed by atoms with van der Waals surface area (Å²) in [5, 5.41) is 2.90. The number of nitrogens with one attached hydrogen (secondary N) is 1. The second-order valence-corrected chi connectivity index (χ2v) is 7.22. The molecular formula is C25H22N4O. The van der Waals surface area contributed by atoms with Crippen LogP contribution in [-0.4, -0.2) is 20.9 Å². The van der Waals surface area contributed by atoms with Gasteiger partial charge in [0.2, 0.25) is 5.91 Å². The van der Waals surface area contributed by atoms with E-state index in [-0.39, 0.29) is 12.3 Å². The van der Waals surface area contributed by atoms with E-state index < -0.39 is 0 Å².